The second-order valence-corrected chi connectivity index (χ2v) is 19.9. The number of fused-ring (bicyclic) bond motifs is 4. The van der Waals surface area contributed by atoms with E-state index in [0.717, 1.165) is 35.9 Å². The molecule has 5 atom stereocenters. The third-order valence-corrected chi connectivity index (χ3v) is 15.5. The SMILES string of the molecule is CN(C[C@@H]1CN(CC#Cc2ccc3c(c2)n(C)c(=O)n3C2CCC(=O)NC2)CCO1)C(=O)c1ccc(NC(=O)[C@@H]2NC3(CCCCC3)[C@@]3(C(=O)Nc4cc(Cl)ccc43)[C@H]2c2cccc(Cl)c2F)cc1. The molecule has 3 saturated heterocycles. The zero-order chi connectivity index (χ0) is 48.2. The third-order valence-electron chi connectivity index (χ3n) is 15.0. The Kier molecular flexibility index (Phi) is 12.7. The van der Waals surface area contributed by atoms with Crippen LogP contribution in [0.5, 0.6) is 0 Å². The number of ether oxygens (including phenoxy) is 1. The number of morpholine rings is 1. The van der Waals surface area contributed by atoms with Gasteiger partial charge in [0.1, 0.15) is 11.2 Å². The lowest BCUT2D eigenvalue weighted by atomic mass is 9.55. The number of nitrogens with one attached hydrogen (secondary N) is 4. The summed E-state index contributed by atoms with van der Waals surface area (Å²) in [6.07, 6.45) is 4.55. The fourth-order valence-corrected chi connectivity index (χ4v) is 12.1. The highest BCUT2D eigenvalue weighted by Gasteiger charge is 2.72. The summed E-state index contributed by atoms with van der Waals surface area (Å²) in [6.45, 7) is 3.01. The molecule has 1 unspecified atom stereocenters. The number of amides is 4. The molecule has 17 heteroatoms. The minimum Gasteiger partial charge on any atom is -0.374 e. The Hall–Kier alpha value is -6.02. The Morgan fingerprint density at radius 1 is 0.986 bits per heavy atom. The van der Waals surface area contributed by atoms with Crippen LogP contribution in [0.1, 0.15) is 84.0 Å². The van der Waals surface area contributed by atoms with E-state index >= 15 is 4.39 Å². The predicted octanol–water partition coefficient (Wildman–Crippen LogP) is 6.35. The molecule has 0 bridgehead atoms. The van der Waals surface area contributed by atoms with Crippen molar-refractivity contribution in [3.05, 3.63) is 127 Å². The first-order valence-corrected chi connectivity index (χ1v) is 24.3. The second-order valence-electron chi connectivity index (χ2n) is 19.0. The van der Waals surface area contributed by atoms with Crippen molar-refractivity contribution in [3.63, 3.8) is 0 Å². The molecule has 1 saturated carbocycles. The Balaban J connectivity index is 0.802. The summed E-state index contributed by atoms with van der Waals surface area (Å²) in [7, 11) is 3.48. The summed E-state index contributed by atoms with van der Waals surface area (Å²) < 4.78 is 25.8. The fourth-order valence-electron chi connectivity index (χ4n) is 11.8. The lowest BCUT2D eigenvalue weighted by Gasteiger charge is -2.47. The molecule has 1 aromatic heterocycles. The van der Waals surface area contributed by atoms with E-state index in [0.29, 0.717) is 92.5 Å². The average Bonchev–Trinajstić information content (AvgIpc) is 3.90. The van der Waals surface area contributed by atoms with Crippen LogP contribution in [0.4, 0.5) is 15.8 Å². The number of likely N-dealkylation sites (N-methyl/N-ethyl adjacent to an activating group) is 1. The molecule has 4 N–H and O–H groups in total. The summed E-state index contributed by atoms with van der Waals surface area (Å²) >= 11 is 12.8. The van der Waals surface area contributed by atoms with Gasteiger partial charge in [0.15, 0.2) is 0 Å². The minimum absolute atomic E-state index is 0.00391. The van der Waals surface area contributed by atoms with Crippen LogP contribution in [-0.2, 0) is 31.6 Å². The number of halogens is 3. The summed E-state index contributed by atoms with van der Waals surface area (Å²) in [5.41, 5.74) is 2.24. The van der Waals surface area contributed by atoms with Crippen LogP contribution < -0.4 is 27.0 Å². The number of carbonyl (C=O) groups is 4. The zero-order valence-corrected chi connectivity index (χ0v) is 39.9. The lowest BCUT2D eigenvalue weighted by Crippen LogP contribution is -2.60. The standard InChI is InChI=1S/C52H53Cl2FN8O6/c1-60(29-36-30-62(24-25-69-36)23-7-8-31-11-19-41-42(26-31)61(2)50(68)63(41)35-17-20-43(64)56-28-35)48(66)32-12-15-34(16-13-32)57-47(65)46-44(37-9-6-10-39(54)45(37)55)52(51(59-46)21-4-3-5-22-51)38-18-14-33(53)27-40(38)58-49(52)67/h6,9-16,18-19,26-27,35-36,44,46,59H,3-5,17,20-25,28-30H2,1-2H3,(H,56,64)(H,57,65)(H,58,67)/t35?,36-,44+,46-,52-/m1/s1. The first-order chi connectivity index (χ1) is 33.3. The average molecular weight is 976 g/mol. The van der Waals surface area contributed by atoms with Gasteiger partial charge in [0.05, 0.1) is 47.4 Å². The van der Waals surface area contributed by atoms with Crippen molar-refractivity contribution in [1.82, 2.24) is 29.6 Å². The van der Waals surface area contributed by atoms with Crippen LogP contribution in [0.2, 0.25) is 10.0 Å². The normalized spacial score (nSPS) is 24.1. The number of nitrogens with zero attached hydrogens (tertiary/aromatic N) is 4. The molecule has 5 aromatic rings. The number of rotatable bonds is 8. The van der Waals surface area contributed by atoms with E-state index in [4.69, 9.17) is 27.9 Å². The van der Waals surface area contributed by atoms with Gasteiger partial charge in [0.2, 0.25) is 17.7 Å². The van der Waals surface area contributed by atoms with Gasteiger partial charge >= 0.3 is 5.69 Å². The maximum Gasteiger partial charge on any atom is 0.329 e. The number of aryl methyl sites for hydroxylation is 1. The summed E-state index contributed by atoms with van der Waals surface area (Å²) in [4.78, 5) is 71.8. The minimum atomic E-state index is -1.36. The largest absolute Gasteiger partial charge is 0.374 e. The van der Waals surface area contributed by atoms with Crippen LogP contribution in [0, 0.1) is 17.7 Å². The summed E-state index contributed by atoms with van der Waals surface area (Å²) in [5.74, 6) is 3.88. The van der Waals surface area contributed by atoms with E-state index in [-0.39, 0.29) is 46.1 Å². The van der Waals surface area contributed by atoms with Crippen LogP contribution in [0.15, 0.2) is 83.7 Å². The smallest absolute Gasteiger partial charge is 0.329 e. The van der Waals surface area contributed by atoms with E-state index in [1.807, 2.05) is 24.3 Å². The number of aromatic nitrogens is 2. The molecule has 4 fully saturated rings. The van der Waals surface area contributed by atoms with Gasteiger partial charge in [-0.3, -0.25) is 38.5 Å². The molecule has 4 aromatic carbocycles. The molecule has 358 valence electrons. The summed E-state index contributed by atoms with van der Waals surface area (Å²) in [5, 5.41) is 12.9. The molecule has 5 heterocycles. The quantitative estimate of drug-likeness (QED) is 0.131. The number of piperidine rings is 1. The molecule has 4 amide bonds. The van der Waals surface area contributed by atoms with Crippen LogP contribution >= 0.6 is 23.2 Å². The van der Waals surface area contributed by atoms with Crippen LogP contribution in [0.25, 0.3) is 11.0 Å². The van der Waals surface area contributed by atoms with Gasteiger partial charge in [-0.15, -0.1) is 0 Å². The van der Waals surface area contributed by atoms with Gasteiger partial charge in [-0.05, 0) is 91.1 Å². The number of hydrogen-bond acceptors (Lipinski definition) is 8. The van der Waals surface area contributed by atoms with Crippen molar-refractivity contribution in [3.8, 4) is 11.8 Å². The predicted molar refractivity (Wildman–Crippen MR) is 262 cm³/mol. The number of carbonyl (C=O) groups excluding carboxylic acids is 4. The Morgan fingerprint density at radius 3 is 2.55 bits per heavy atom. The van der Waals surface area contributed by atoms with Crippen LogP contribution in [0.3, 0.4) is 0 Å². The number of benzene rings is 4. The third kappa shape index (κ3) is 8.29. The molecule has 14 nitrogen and oxygen atoms in total. The molecule has 0 radical (unpaired) electrons. The van der Waals surface area contributed by atoms with Crippen molar-refractivity contribution in [2.45, 2.75) is 80.0 Å². The van der Waals surface area contributed by atoms with Crippen molar-refractivity contribution >= 4 is 69.2 Å². The van der Waals surface area contributed by atoms with E-state index in [1.54, 1.807) is 76.7 Å². The molecule has 4 aliphatic heterocycles. The van der Waals surface area contributed by atoms with Crippen molar-refractivity contribution < 1.29 is 28.3 Å². The van der Waals surface area contributed by atoms with E-state index < -0.39 is 34.6 Å². The highest BCUT2D eigenvalue weighted by atomic mass is 35.5. The molecular weight excluding hydrogens is 923 g/mol. The van der Waals surface area contributed by atoms with Crippen molar-refractivity contribution in [2.75, 3.05) is 57.0 Å². The Bertz CT molecular complexity index is 3000. The van der Waals surface area contributed by atoms with Gasteiger partial charge in [0, 0.05) is 85.7 Å². The van der Waals surface area contributed by atoms with Gasteiger partial charge in [-0.1, -0.05) is 72.5 Å². The van der Waals surface area contributed by atoms with E-state index in [1.165, 1.54) is 6.07 Å². The summed E-state index contributed by atoms with van der Waals surface area (Å²) in [6, 6.07) is 21.2. The number of imidazole rings is 1. The molecule has 10 rings (SSSR count). The molecule has 69 heavy (non-hydrogen) atoms. The van der Waals surface area contributed by atoms with E-state index in [2.05, 4.69) is 38.0 Å². The first-order valence-electron chi connectivity index (χ1n) is 23.6. The zero-order valence-electron chi connectivity index (χ0n) is 38.4. The maximum atomic E-state index is 16.3. The maximum absolute atomic E-state index is 16.3. The highest BCUT2D eigenvalue weighted by Crippen LogP contribution is 2.63. The van der Waals surface area contributed by atoms with Gasteiger partial charge in [-0.2, -0.15) is 0 Å². The lowest BCUT2D eigenvalue weighted by molar-refractivity contribution is -0.124. The van der Waals surface area contributed by atoms with Crippen molar-refractivity contribution in [2.24, 2.45) is 7.05 Å². The van der Waals surface area contributed by atoms with Gasteiger partial charge in [0.25, 0.3) is 5.91 Å². The topological polar surface area (TPSA) is 159 Å². The van der Waals surface area contributed by atoms with E-state index in [9.17, 15) is 24.0 Å². The van der Waals surface area contributed by atoms with Crippen molar-refractivity contribution in [1.29, 1.82) is 0 Å². The number of anilines is 2. The Labute approximate surface area is 408 Å². The molecule has 5 aliphatic rings. The Morgan fingerprint density at radius 2 is 1.78 bits per heavy atom. The van der Waals surface area contributed by atoms with Gasteiger partial charge < -0.3 is 25.6 Å². The molecular formula is C52H53Cl2FN8O6. The monoisotopic (exact) mass is 974 g/mol. The fraction of sp³-hybridized carbons (Fsp3) is 0.404. The first kappa shape index (κ1) is 46.7. The second kappa shape index (κ2) is 18.7. The van der Waals surface area contributed by atoms with Gasteiger partial charge in [-0.25, -0.2) is 9.18 Å². The molecule has 2 spiro atoms. The molecule has 1 aliphatic carbocycles. The number of hydrogen-bond donors (Lipinski definition) is 4. The van der Waals surface area contributed by atoms with Crippen LogP contribution in [-0.4, -0.2) is 107 Å². The highest BCUT2D eigenvalue weighted by molar-refractivity contribution is 6.31.